The van der Waals surface area contributed by atoms with Crippen molar-refractivity contribution in [2.24, 2.45) is 11.8 Å². The maximum absolute atomic E-state index is 14.9. The van der Waals surface area contributed by atoms with Gasteiger partial charge in [-0.3, -0.25) is 4.90 Å². The number of halogens is 2. The Hall–Kier alpha value is -2.41. The minimum Gasteiger partial charge on any atom is -0.371 e. The lowest BCUT2D eigenvalue weighted by atomic mass is 9.87. The van der Waals surface area contributed by atoms with Crippen LogP contribution in [0, 0.1) is 11.8 Å². The molecule has 4 unspecified atom stereocenters. The Morgan fingerprint density at radius 2 is 1.80 bits per heavy atom. The molecular weight excluding hydrogens is 610 g/mol. The van der Waals surface area contributed by atoms with Crippen molar-refractivity contribution < 1.29 is 21.9 Å². The van der Waals surface area contributed by atoms with Crippen LogP contribution in [0.1, 0.15) is 70.6 Å². The van der Waals surface area contributed by atoms with Gasteiger partial charge in [-0.2, -0.15) is 9.29 Å². The number of hydrogen-bond donors (Lipinski definition) is 0. The molecule has 1 aliphatic carbocycles. The molecule has 2 bridgehead atoms. The number of aromatic nitrogens is 2. The molecule has 46 heavy (non-hydrogen) atoms. The van der Waals surface area contributed by atoms with Crippen LogP contribution in [0.15, 0.2) is 35.2 Å². The van der Waals surface area contributed by atoms with E-state index >= 15 is 0 Å². The lowest BCUT2D eigenvalue weighted by Crippen LogP contribution is -2.48. The Morgan fingerprint density at radius 3 is 2.46 bits per heavy atom. The highest BCUT2D eigenvalue weighted by Crippen LogP contribution is 2.40. The van der Waals surface area contributed by atoms with Crippen molar-refractivity contribution in [1.29, 1.82) is 0 Å². The molecule has 0 saturated carbocycles. The molecule has 4 aliphatic heterocycles. The lowest BCUT2D eigenvalue weighted by Gasteiger charge is -2.35. The maximum Gasteiger partial charge on any atom is 0.278 e. The molecule has 0 N–H and O–H groups in total. The molecule has 0 aromatic carbocycles. The number of alkyl halides is 2. The van der Waals surface area contributed by atoms with Crippen molar-refractivity contribution in [3.63, 3.8) is 0 Å². The highest BCUT2D eigenvalue weighted by molar-refractivity contribution is 7.88. The monoisotopic (exact) mass is 660 g/mol. The van der Waals surface area contributed by atoms with Gasteiger partial charge in [-0.1, -0.05) is 32.1 Å². The summed E-state index contributed by atoms with van der Waals surface area (Å²) in [4.78, 5) is 16.7. The Labute approximate surface area is 273 Å². The van der Waals surface area contributed by atoms with Crippen LogP contribution < -0.4 is 9.80 Å². The lowest BCUT2D eigenvalue weighted by molar-refractivity contribution is 0.0299. The average molecular weight is 661 g/mol. The van der Waals surface area contributed by atoms with Crippen LogP contribution in [0.3, 0.4) is 0 Å². The summed E-state index contributed by atoms with van der Waals surface area (Å²) in [7, 11) is -3.15. The minimum atomic E-state index is -3.15. The number of piperazine rings is 1. The summed E-state index contributed by atoms with van der Waals surface area (Å²) in [6, 6.07) is 0. The zero-order chi connectivity index (χ0) is 32.6. The Kier molecular flexibility index (Phi) is 10.2. The third-order valence-corrected chi connectivity index (χ3v) is 11.9. The van der Waals surface area contributed by atoms with E-state index in [2.05, 4.69) is 35.0 Å². The van der Waals surface area contributed by atoms with Gasteiger partial charge in [-0.15, -0.1) is 0 Å². The molecule has 12 heteroatoms. The third kappa shape index (κ3) is 7.19. The van der Waals surface area contributed by atoms with E-state index in [0.29, 0.717) is 68.7 Å². The Morgan fingerprint density at radius 1 is 1.09 bits per heavy atom. The van der Waals surface area contributed by atoms with Crippen LogP contribution in [0.5, 0.6) is 0 Å². The van der Waals surface area contributed by atoms with Crippen molar-refractivity contribution in [2.75, 3.05) is 61.9 Å². The quantitative estimate of drug-likeness (QED) is 0.337. The average Bonchev–Trinajstić information content (AvgIpc) is 3.17. The summed E-state index contributed by atoms with van der Waals surface area (Å²) >= 11 is 0. The molecule has 3 saturated heterocycles. The highest BCUT2D eigenvalue weighted by atomic mass is 32.2. The molecule has 5 aliphatic rings. The number of nitrogens with zero attached hydrogens (tertiary/aromatic N) is 6. The summed E-state index contributed by atoms with van der Waals surface area (Å²) in [5.74, 6) is 1.83. The first-order valence-corrected chi connectivity index (χ1v) is 19.0. The molecule has 0 spiro atoms. The van der Waals surface area contributed by atoms with E-state index in [-0.39, 0.29) is 23.8 Å². The second kappa shape index (κ2) is 14.0. The molecule has 4 atom stereocenters. The largest absolute Gasteiger partial charge is 0.371 e. The first kappa shape index (κ1) is 33.5. The summed E-state index contributed by atoms with van der Waals surface area (Å²) in [6.07, 6.45) is 11.9. The van der Waals surface area contributed by atoms with Gasteiger partial charge in [0, 0.05) is 50.5 Å². The van der Waals surface area contributed by atoms with Gasteiger partial charge in [0.05, 0.1) is 29.9 Å². The van der Waals surface area contributed by atoms with Crippen LogP contribution in [0.2, 0.25) is 0 Å². The Bertz CT molecular complexity index is 1460. The molecule has 3 fully saturated rings. The summed E-state index contributed by atoms with van der Waals surface area (Å²) in [5, 5.41) is 0. The third-order valence-electron chi connectivity index (χ3n) is 10.6. The first-order valence-electron chi connectivity index (χ1n) is 17.1. The molecule has 6 rings (SSSR count). The van der Waals surface area contributed by atoms with Crippen LogP contribution in [0.4, 0.5) is 20.5 Å². The van der Waals surface area contributed by atoms with Gasteiger partial charge in [-0.05, 0) is 82.2 Å². The SMILES string of the molecule is CCC1=CCCC(C)=C(C(F)F)N1c1nc(N2CC3CCC(C2)O3)nc2c1CC=CC(C(C)CCN1CCN(S(C)(=O)=O)CC1)C2. The fourth-order valence-electron chi connectivity index (χ4n) is 7.77. The molecular formula is C34H50F2N6O3S. The normalized spacial score (nSPS) is 27.1. The predicted octanol–water partition coefficient (Wildman–Crippen LogP) is 5.15. The van der Waals surface area contributed by atoms with Gasteiger partial charge >= 0.3 is 0 Å². The van der Waals surface area contributed by atoms with Gasteiger partial charge < -0.3 is 14.5 Å². The summed E-state index contributed by atoms with van der Waals surface area (Å²) in [5.41, 5.74) is 3.54. The molecule has 5 heterocycles. The molecule has 0 amide bonds. The van der Waals surface area contributed by atoms with E-state index in [4.69, 9.17) is 14.7 Å². The van der Waals surface area contributed by atoms with Gasteiger partial charge in [0.25, 0.3) is 6.43 Å². The van der Waals surface area contributed by atoms with Gasteiger partial charge in [-0.25, -0.2) is 22.2 Å². The van der Waals surface area contributed by atoms with Crippen molar-refractivity contribution in [3.8, 4) is 0 Å². The molecule has 1 aromatic rings. The molecule has 1 aromatic heterocycles. The number of sulfonamides is 1. The number of morpholine rings is 1. The van der Waals surface area contributed by atoms with Crippen molar-refractivity contribution >= 4 is 21.8 Å². The van der Waals surface area contributed by atoms with Crippen molar-refractivity contribution in [2.45, 2.75) is 90.8 Å². The zero-order valence-electron chi connectivity index (χ0n) is 27.8. The van der Waals surface area contributed by atoms with Crippen LogP contribution in [-0.4, -0.2) is 98.3 Å². The summed E-state index contributed by atoms with van der Waals surface area (Å²) in [6.45, 7) is 11.0. The molecule has 254 valence electrons. The van der Waals surface area contributed by atoms with E-state index in [9.17, 15) is 17.2 Å². The predicted molar refractivity (Wildman–Crippen MR) is 178 cm³/mol. The van der Waals surface area contributed by atoms with E-state index in [1.165, 1.54) is 6.26 Å². The van der Waals surface area contributed by atoms with Crippen molar-refractivity contribution in [1.82, 2.24) is 19.2 Å². The fourth-order valence-corrected chi connectivity index (χ4v) is 8.60. The van der Waals surface area contributed by atoms with Crippen molar-refractivity contribution in [3.05, 3.63) is 46.5 Å². The molecule has 9 nitrogen and oxygen atoms in total. The van der Waals surface area contributed by atoms with Crippen LogP contribution >= 0.6 is 0 Å². The number of fused-ring (bicyclic) bond motifs is 3. The zero-order valence-corrected chi connectivity index (χ0v) is 28.6. The summed E-state index contributed by atoms with van der Waals surface area (Å²) < 4.78 is 61.4. The highest BCUT2D eigenvalue weighted by Gasteiger charge is 2.37. The number of hydrogen-bond acceptors (Lipinski definition) is 8. The van der Waals surface area contributed by atoms with E-state index in [1.54, 1.807) is 9.21 Å². The number of rotatable bonds is 9. The van der Waals surface area contributed by atoms with Gasteiger partial charge in [0.2, 0.25) is 16.0 Å². The number of ether oxygens (including phenoxy) is 1. The van der Waals surface area contributed by atoms with Gasteiger partial charge in [0.1, 0.15) is 5.82 Å². The molecule has 0 radical (unpaired) electrons. The van der Waals surface area contributed by atoms with E-state index in [1.807, 2.05) is 13.8 Å². The smallest absolute Gasteiger partial charge is 0.278 e. The minimum absolute atomic E-state index is 0.0635. The van der Waals surface area contributed by atoms with Crippen LogP contribution in [-0.2, 0) is 27.6 Å². The van der Waals surface area contributed by atoms with E-state index < -0.39 is 16.4 Å². The second-order valence-electron chi connectivity index (χ2n) is 13.8. The van der Waals surface area contributed by atoms with Gasteiger partial charge in [0.15, 0.2) is 0 Å². The second-order valence-corrected chi connectivity index (χ2v) is 15.8. The fraction of sp³-hybridized carbons (Fsp3) is 0.706. The van der Waals surface area contributed by atoms with E-state index in [0.717, 1.165) is 68.7 Å². The first-order chi connectivity index (χ1) is 22.0. The number of allylic oxidation sites excluding steroid dienone is 6. The number of anilines is 2. The van der Waals surface area contributed by atoms with Crippen LogP contribution in [0.25, 0.3) is 0 Å². The topological polar surface area (TPSA) is 82.1 Å². The Balaban J connectivity index is 1.30. The standard InChI is InChI=1S/C34H50F2N6O3S/c1-5-26-10-6-8-24(3)31(32(35)36)42(26)33-29-11-7-9-25(23(2)14-15-39-16-18-41(19-17-39)46(4,43)44)20-30(29)37-34(38-33)40-21-27-12-13-28(22-40)45-27/h7,9-10,23,25,27-28,32H,5-6,8,11-22H2,1-4H3. The maximum atomic E-state index is 14.9.